The number of hydrogen-bond donors (Lipinski definition) is 1. The number of amides is 1. The Balaban J connectivity index is 2.09. The number of aromatic amines is 1. The van der Waals surface area contributed by atoms with E-state index in [4.69, 9.17) is 0 Å². The van der Waals surface area contributed by atoms with Crippen LogP contribution in [0.1, 0.15) is 11.1 Å². The van der Waals surface area contributed by atoms with Crippen molar-refractivity contribution in [2.45, 2.75) is 20.0 Å². The predicted octanol–water partition coefficient (Wildman–Crippen LogP) is 0.504. The summed E-state index contributed by atoms with van der Waals surface area (Å²) in [5.41, 5.74) is 0.403. The maximum atomic E-state index is 12.1. The van der Waals surface area contributed by atoms with Gasteiger partial charge in [-0.25, -0.2) is 4.79 Å². The molecule has 21 heavy (non-hydrogen) atoms. The molecule has 0 fully saturated rings. The van der Waals surface area contributed by atoms with Crippen molar-refractivity contribution in [3.05, 3.63) is 68.5 Å². The Hall–Kier alpha value is -2.63. The summed E-state index contributed by atoms with van der Waals surface area (Å²) in [5, 5.41) is 0. The number of carbonyl (C=O) groups is 1. The van der Waals surface area contributed by atoms with E-state index >= 15 is 0 Å². The van der Waals surface area contributed by atoms with Gasteiger partial charge in [0.1, 0.15) is 6.54 Å². The molecule has 0 aliphatic carbocycles. The molecule has 1 N–H and O–H groups in total. The molecule has 1 amide bonds. The van der Waals surface area contributed by atoms with E-state index in [0.717, 1.165) is 5.56 Å². The Morgan fingerprint density at radius 3 is 2.57 bits per heavy atom. The molecule has 0 saturated carbocycles. The second kappa shape index (κ2) is 6.21. The van der Waals surface area contributed by atoms with Crippen LogP contribution < -0.4 is 11.2 Å². The maximum absolute atomic E-state index is 12.1. The van der Waals surface area contributed by atoms with Gasteiger partial charge in [0.25, 0.3) is 5.56 Å². The zero-order valence-corrected chi connectivity index (χ0v) is 12.0. The number of benzene rings is 1. The van der Waals surface area contributed by atoms with E-state index in [-0.39, 0.29) is 12.5 Å². The summed E-state index contributed by atoms with van der Waals surface area (Å²) in [7, 11) is 1.68. The van der Waals surface area contributed by atoms with Crippen molar-refractivity contribution in [1.29, 1.82) is 0 Å². The Bertz CT molecular complexity index is 747. The third-order valence-electron chi connectivity index (χ3n) is 3.18. The third kappa shape index (κ3) is 3.68. The monoisotopic (exact) mass is 287 g/mol. The van der Waals surface area contributed by atoms with Gasteiger partial charge in [0.2, 0.25) is 5.91 Å². The number of nitrogens with one attached hydrogen (secondary N) is 1. The van der Waals surface area contributed by atoms with Crippen LogP contribution in [0.4, 0.5) is 0 Å². The van der Waals surface area contributed by atoms with Crippen LogP contribution in [0.3, 0.4) is 0 Å². The lowest BCUT2D eigenvalue weighted by molar-refractivity contribution is -0.131. The lowest BCUT2D eigenvalue weighted by Crippen LogP contribution is -2.37. The summed E-state index contributed by atoms with van der Waals surface area (Å²) in [6.45, 7) is 1.96. The van der Waals surface area contributed by atoms with Crippen LogP contribution in [0.25, 0.3) is 0 Å². The smallest absolute Gasteiger partial charge is 0.328 e. The molecule has 0 saturated heterocycles. The number of rotatable bonds is 4. The van der Waals surface area contributed by atoms with Gasteiger partial charge >= 0.3 is 5.69 Å². The summed E-state index contributed by atoms with van der Waals surface area (Å²) in [5.74, 6) is -0.201. The van der Waals surface area contributed by atoms with E-state index < -0.39 is 11.2 Å². The second-order valence-electron chi connectivity index (χ2n) is 4.93. The molecule has 1 heterocycles. The van der Waals surface area contributed by atoms with Gasteiger partial charge in [0.15, 0.2) is 0 Å². The zero-order valence-electron chi connectivity index (χ0n) is 12.0. The Labute approximate surface area is 121 Å². The molecule has 0 unspecified atom stereocenters. The Kier molecular flexibility index (Phi) is 4.37. The molecule has 0 bridgehead atoms. The normalized spacial score (nSPS) is 10.4. The van der Waals surface area contributed by atoms with Crippen molar-refractivity contribution in [2.24, 2.45) is 0 Å². The average Bonchev–Trinajstić information content (AvgIpc) is 2.45. The summed E-state index contributed by atoms with van der Waals surface area (Å²) in [6.07, 6.45) is 1.40. The quantitative estimate of drug-likeness (QED) is 0.890. The standard InChI is InChI=1S/C15H17N3O3/c1-11-8-18(15(21)16-14(11)20)10-13(19)17(2)9-12-6-4-3-5-7-12/h3-8H,9-10H2,1-2H3,(H,16,20,21). The summed E-state index contributed by atoms with van der Waals surface area (Å²) >= 11 is 0. The number of aryl methyl sites for hydroxylation is 1. The highest BCUT2D eigenvalue weighted by atomic mass is 16.2. The lowest BCUT2D eigenvalue weighted by Gasteiger charge is -2.18. The molecule has 6 heteroatoms. The van der Waals surface area contributed by atoms with Crippen molar-refractivity contribution in [1.82, 2.24) is 14.5 Å². The van der Waals surface area contributed by atoms with Crippen LogP contribution >= 0.6 is 0 Å². The van der Waals surface area contributed by atoms with Gasteiger partial charge in [0, 0.05) is 25.4 Å². The minimum atomic E-state index is -0.577. The molecule has 1 aromatic carbocycles. The molecular weight excluding hydrogens is 270 g/mol. The number of hydrogen-bond acceptors (Lipinski definition) is 3. The molecule has 0 aliphatic heterocycles. The molecule has 0 atom stereocenters. The SMILES string of the molecule is Cc1cn(CC(=O)N(C)Cc2ccccc2)c(=O)[nH]c1=O. The number of aromatic nitrogens is 2. The molecule has 2 rings (SSSR count). The fourth-order valence-electron chi connectivity index (χ4n) is 1.95. The van der Waals surface area contributed by atoms with E-state index in [2.05, 4.69) is 4.98 Å². The van der Waals surface area contributed by atoms with Crippen LogP contribution in [0.5, 0.6) is 0 Å². The van der Waals surface area contributed by atoms with Crippen molar-refractivity contribution < 1.29 is 4.79 Å². The Morgan fingerprint density at radius 1 is 1.24 bits per heavy atom. The van der Waals surface area contributed by atoms with Gasteiger partial charge in [0.05, 0.1) is 0 Å². The maximum Gasteiger partial charge on any atom is 0.328 e. The predicted molar refractivity (Wildman–Crippen MR) is 79.0 cm³/mol. The Morgan fingerprint density at radius 2 is 1.90 bits per heavy atom. The van der Waals surface area contributed by atoms with Crippen molar-refractivity contribution in [3.63, 3.8) is 0 Å². The fourth-order valence-corrected chi connectivity index (χ4v) is 1.95. The fraction of sp³-hybridized carbons (Fsp3) is 0.267. The van der Waals surface area contributed by atoms with E-state index in [0.29, 0.717) is 12.1 Å². The van der Waals surface area contributed by atoms with Gasteiger partial charge in [-0.3, -0.25) is 19.1 Å². The van der Waals surface area contributed by atoms with Crippen molar-refractivity contribution in [2.75, 3.05) is 7.05 Å². The van der Waals surface area contributed by atoms with Gasteiger partial charge in [-0.1, -0.05) is 30.3 Å². The zero-order chi connectivity index (χ0) is 15.4. The van der Waals surface area contributed by atoms with Crippen molar-refractivity contribution in [3.8, 4) is 0 Å². The first-order valence-corrected chi connectivity index (χ1v) is 6.55. The van der Waals surface area contributed by atoms with E-state index in [1.807, 2.05) is 30.3 Å². The molecule has 2 aromatic rings. The first-order chi connectivity index (χ1) is 9.97. The molecular formula is C15H17N3O3. The highest BCUT2D eigenvalue weighted by Gasteiger charge is 2.11. The molecule has 0 spiro atoms. The average molecular weight is 287 g/mol. The number of likely N-dealkylation sites (N-methyl/N-ethyl adjacent to an activating group) is 1. The minimum absolute atomic E-state index is 0.0974. The summed E-state index contributed by atoms with van der Waals surface area (Å²) < 4.78 is 1.21. The summed E-state index contributed by atoms with van der Waals surface area (Å²) in [4.78, 5) is 38.8. The van der Waals surface area contributed by atoms with Gasteiger partial charge in [-0.2, -0.15) is 0 Å². The first kappa shape index (κ1) is 14.8. The van der Waals surface area contributed by atoms with E-state index in [1.54, 1.807) is 18.9 Å². The molecule has 110 valence electrons. The van der Waals surface area contributed by atoms with Crippen LogP contribution in [-0.2, 0) is 17.9 Å². The summed E-state index contributed by atoms with van der Waals surface area (Å²) in [6, 6.07) is 9.58. The minimum Gasteiger partial charge on any atom is -0.340 e. The highest BCUT2D eigenvalue weighted by Crippen LogP contribution is 2.03. The van der Waals surface area contributed by atoms with E-state index in [9.17, 15) is 14.4 Å². The molecule has 0 radical (unpaired) electrons. The van der Waals surface area contributed by atoms with Gasteiger partial charge in [-0.15, -0.1) is 0 Å². The van der Waals surface area contributed by atoms with E-state index in [1.165, 1.54) is 10.8 Å². The van der Waals surface area contributed by atoms with Crippen molar-refractivity contribution >= 4 is 5.91 Å². The number of H-pyrrole nitrogens is 1. The largest absolute Gasteiger partial charge is 0.340 e. The molecule has 0 aliphatic rings. The highest BCUT2D eigenvalue weighted by molar-refractivity contribution is 5.75. The number of carbonyl (C=O) groups excluding carboxylic acids is 1. The lowest BCUT2D eigenvalue weighted by atomic mass is 10.2. The second-order valence-corrected chi connectivity index (χ2v) is 4.93. The number of nitrogens with zero attached hydrogens (tertiary/aromatic N) is 2. The topological polar surface area (TPSA) is 75.2 Å². The molecule has 1 aromatic heterocycles. The van der Waals surface area contributed by atoms with Crippen LogP contribution in [0.15, 0.2) is 46.1 Å². The van der Waals surface area contributed by atoms with Crippen LogP contribution in [0, 0.1) is 6.92 Å². The third-order valence-corrected chi connectivity index (χ3v) is 3.18. The molecule has 6 nitrogen and oxygen atoms in total. The van der Waals surface area contributed by atoms with Gasteiger partial charge < -0.3 is 4.90 Å². The van der Waals surface area contributed by atoms with Gasteiger partial charge in [-0.05, 0) is 12.5 Å². The van der Waals surface area contributed by atoms with Crippen LogP contribution in [0.2, 0.25) is 0 Å². The van der Waals surface area contributed by atoms with Crippen LogP contribution in [-0.4, -0.2) is 27.4 Å². The first-order valence-electron chi connectivity index (χ1n) is 6.55.